The molecule has 17 heavy (non-hydrogen) atoms. The lowest BCUT2D eigenvalue weighted by Gasteiger charge is -2.09. The van der Waals surface area contributed by atoms with E-state index >= 15 is 0 Å². The van der Waals surface area contributed by atoms with E-state index in [9.17, 15) is 5.11 Å². The summed E-state index contributed by atoms with van der Waals surface area (Å²) in [5.41, 5.74) is 2.33. The largest absolute Gasteiger partial charge is 0.392 e. The molecule has 2 rings (SSSR count). The van der Waals surface area contributed by atoms with Gasteiger partial charge in [-0.2, -0.15) is 0 Å². The predicted octanol–water partition coefficient (Wildman–Crippen LogP) is 4.20. The first-order chi connectivity index (χ1) is 8.13. The predicted molar refractivity (Wildman–Crippen MR) is 70.6 cm³/mol. The molecule has 2 nitrogen and oxygen atoms in total. The normalized spacial score (nSPS) is 10.6. The molecule has 0 aliphatic heterocycles. The number of hydrogen-bond donors (Lipinski definition) is 1. The number of nitrogens with zero attached hydrogens (tertiary/aromatic N) is 1. The van der Waals surface area contributed by atoms with Gasteiger partial charge in [0.25, 0.3) is 0 Å². The summed E-state index contributed by atoms with van der Waals surface area (Å²) < 4.78 is 0. The van der Waals surface area contributed by atoms with Gasteiger partial charge in [0.2, 0.25) is 0 Å². The Balaban J connectivity index is 2.61. The Morgan fingerprint density at radius 2 is 1.76 bits per heavy atom. The highest BCUT2D eigenvalue weighted by Gasteiger charge is 2.10. The van der Waals surface area contributed by atoms with Crippen LogP contribution >= 0.6 is 34.8 Å². The van der Waals surface area contributed by atoms with Gasteiger partial charge in [-0.3, -0.25) is 4.98 Å². The first-order valence-electron chi connectivity index (χ1n) is 4.82. The van der Waals surface area contributed by atoms with Crippen LogP contribution in [0.3, 0.4) is 0 Å². The second-order valence-corrected chi connectivity index (χ2v) is 4.64. The summed E-state index contributed by atoms with van der Waals surface area (Å²) in [6.07, 6.45) is 3.27. The van der Waals surface area contributed by atoms with E-state index in [0.717, 1.165) is 16.7 Å². The lowest BCUT2D eigenvalue weighted by Crippen LogP contribution is -1.91. The molecule has 0 unspecified atom stereocenters. The van der Waals surface area contributed by atoms with Gasteiger partial charge in [0.05, 0.1) is 21.7 Å². The van der Waals surface area contributed by atoms with Crippen molar-refractivity contribution in [3.8, 4) is 11.1 Å². The van der Waals surface area contributed by atoms with E-state index in [1.165, 1.54) is 0 Å². The van der Waals surface area contributed by atoms with Gasteiger partial charge in [0, 0.05) is 18.0 Å². The molecule has 0 amide bonds. The van der Waals surface area contributed by atoms with Crippen molar-refractivity contribution in [3.63, 3.8) is 0 Å². The van der Waals surface area contributed by atoms with Crippen LogP contribution in [0.2, 0.25) is 15.1 Å². The molecule has 0 saturated heterocycles. The van der Waals surface area contributed by atoms with Crippen LogP contribution in [0.25, 0.3) is 11.1 Å². The number of hydrogen-bond acceptors (Lipinski definition) is 2. The highest BCUT2D eigenvalue weighted by atomic mass is 35.5. The van der Waals surface area contributed by atoms with Crippen LogP contribution in [0, 0.1) is 0 Å². The maximum Gasteiger partial charge on any atom is 0.0778 e. The van der Waals surface area contributed by atoms with Crippen molar-refractivity contribution in [1.82, 2.24) is 4.98 Å². The Morgan fingerprint density at radius 3 is 2.35 bits per heavy atom. The maximum absolute atomic E-state index is 9.25. The van der Waals surface area contributed by atoms with Gasteiger partial charge >= 0.3 is 0 Å². The van der Waals surface area contributed by atoms with Crippen molar-refractivity contribution >= 4 is 34.8 Å². The second kappa shape index (κ2) is 5.23. The minimum atomic E-state index is -0.0737. The molecule has 88 valence electrons. The van der Waals surface area contributed by atoms with E-state index in [0.29, 0.717) is 15.1 Å². The third kappa shape index (κ3) is 2.55. The van der Waals surface area contributed by atoms with Gasteiger partial charge in [0.1, 0.15) is 0 Å². The fourth-order valence-electron chi connectivity index (χ4n) is 1.53. The smallest absolute Gasteiger partial charge is 0.0778 e. The molecule has 0 atom stereocenters. The van der Waals surface area contributed by atoms with E-state index in [1.54, 1.807) is 30.6 Å². The molecule has 1 heterocycles. The Bertz CT molecular complexity index is 534. The zero-order chi connectivity index (χ0) is 12.4. The summed E-state index contributed by atoms with van der Waals surface area (Å²) >= 11 is 17.8. The SMILES string of the molecule is OCc1ccncc1-c1cc(Cl)c(Cl)c(Cl)c1. The van der Waals surface area contributed by atoms with Crippen molar-refractivity contribution in [1.29, 1.82) is 0 Å². The highest BCUT2D eigenvalue weighted by molar-refractivity contribution is 6.48. The average Bonchev–Trinajstić information content (AvgIpc) is 2.35. The molecule has 2 aromatic rings. The van der Waals surface area contributed by atoms with Crippen molar-refractivity contribution in [2.45, 2.75) is 6.61 Å². The minimum Gasteiger partial charge on any atom is -0.392 e. The van der Waals surface area contributed by atoms with E-state index in [2.05, 4.69) is 4.98 Å². The second-order valence-electron chi connectivity index (χ2n) is 3.44. The molecular weight excluding hydrogens is 280 g/mol. The molecule has 5 heteroatoms. The minimum absolute atomic E-state index is 0.0737. The molecule has 1 aromatic heterocycles. The molecule has 1 N–H and O–H groups in total. The molecule has 0 saturated carbocycles. The molecule has 0 radical (unpaired) electrons. The lowest BCUT2D eigenvalue weighted by atomic mass is 10.0. The number of aliphatic hydroxyl groups is 1. The first kappa shape index (κ1) is 12.7. The summed E-state index contributed by atoms with van der Waals surface area (Å²) in [5, 5.41) is 10.3. The third-order valence-electron chi connectivity index (χ3n) is 2.38. The lowest BCUT2D eigenvalue weighted by molar-refractivity contribution is 0.282. The Kier molecular flexibility index (Phi) is 3.89. The third-order valence-corrected chi connectivity index (χ3v) is 3.57. The van der Waals surface area contributed by atoms with Gasteiger partial charge in [0.15, 0.2) is 0 Å². The number of benzene rings is 1. The van der Waals surface area contributed by atoms with E-state index < -0.39 is 0 Å². The number of aliphatic hydroxyl groups excluding tert-OH is 1. The van der Waals surface area contributed by atoms with Crippen LogP contribution in [0.1, 0.15) is 5.56 Å². The molecule has 0 aliphatic rings. The summed E-state index contributed by atoms with van der Waals surface area (Å²) in [6, 6.07) is 5.14. The first-order valence-corrected chi connectivity index (χ1v) is 5.95. The molecule has 0 aliphatic carbocycles. The average molecular weight is 289 g/mol. The number of pyridine rings is 1. The quantitative estimate of drug-likeness (QED) is 0.840. The van der Waals surface area contributed by atoms with E-state index in [1.807, 2.05) is 0 Å². The summed E-state index contributed by atoms with van der Waals surface area (Å²) in [5.74, 6) is 0. The van der Waals surface area contributed by atoms with Crippen molar-refractivity contribution < 1.29 is 5.11 Å². The van der Waals surface area contributed by atoms with Crippen molar-refractivity contribution in [3.05, 3.63) is 51.2 Å². The van der Waals surface area contributed by atoms with Gasteiger partial charge in [-0.15, -0.1) is 0 Å². The molecule has 0 bridgehead atoms. The van der Waals surface area contributed by atoms with E-state index in [4.69, 9.17) is 34.8 Å². The fraction of sp³-hybridized carbons (Fsp3) is 0.0833. The Morgan fingerprint density at radius 1 is 1.12 bits per heavy atom. The van der Waals surface area contributed by atoms with Crippen LogP contribution in [-0.2, 0) is 6.61 Å². The monoisotopic (exact) mass is 287 g/mol. The number of halogens is 3. The fourth-order valence-corrected chi connectivity index (χ4v) is 2.13. The van der Waals surface area contributed by atoms with Crippen molar-refractivity contribution in [2.75, 3.05) is 0 Å². The molecule has 0 fully saturated rings. The summed E-state index contributed by atoms with van der Waals surface area (Å²) in [7, 11) is 0. The van der Waals surface area contributed by atoms with Gasteiger partial charge in [-0.25, -0.2) is 0 Å². The summed E-state index contributed by atoms with van der Waals surface area (Å²) in [4.78, 5) is 4.02. The van der Waals surface area contributed by atoms with E-state index in [-0.39, 0.29) is 6.61 Å². The topological polar surface area (TPSA) is 33.1 Å². The Labute approximate surface area is 114 Å². The zero-order valence-electron chi connectivity index (χ0n) is 8.62. The standard InChI is InChI=1S/C12H8Cl3NO/c13-10-3-8(4-11(14)12(10)15)9-5-16-2-1-7(9)6-17/h1-5,17H,6H2. The van der Waals surface area contributed by atoms with Crippen LogP contribution in [0.5, 0.6) is 0 Å². The number of rotatable bonds is 2. The van der Waals surface area contributed by atoms with Gasteiger partial charge in [-0.1, -0.05) is 34.8 Å². The van der Waals surface area contributed by atoms with Crippen LogP contribution < -0.4 is 0 Å². The van der Waals surface area contributed by atoms with Gasteiger partial charge in [-0.05, 0) is 29.3 Å². The zero-order valence-corrected chi connectivity index (χ0v) is 10.9. The van der Waals surface area contributed by atoms with Crippen LogP contribution in [-0.4, -0.2) is 10.1 Å². The molecule has 0 spiro atoms. The molecular formula is C12H8Cl3NO. The van der Waals surface area contributed by atoms with Gasteiger partial charge < -0.3 is 5.11 Å². The Hall–Kier alpha value is -0.800. The summed E-state index contributed by atoms with van der Waals surface area (Å²) in [6.45, 7) is -0.0737. The van der Waals surface area contributed by atoms with Crippen LogP contribution in [0.15, 0.2) is 30.6 Å². The number of aromatic nitrogens is 1. The van der Waals surface area contributed by atoms with Crippen molar-refractivity contribution in [2.24, 2.45) is 0 Å². The van der Waals surface area contributed by atoms with Crippen LogP contribution in [0.4, 0.5) is 0 Å². The maximum atomic E-state index is 9.25. The molecule has 1 aromatic carbocycles. The highest BCUT2D eigenvalue weighted by Crippen LogP contribution is 2.35.